The molecule has 0 saturated carbocycles. The van der Waals surface area contributed by atoms with Gasteiger partial charge in [-0.2, -0.15) is 0 Å². The van der Waals surface area contributed by atoms with E-state index in [0.717, 1.165) is 16.7 Å². The molecule has 1 aromatic carbocycles. The van der Waals surface area contributed by atoms with E-state index in [1.54, 1.807) is 12.3 Å². The first-order chi connectivity index (χ1) is 12.8. The lowest BCUT2D eigenvalue weighted by Crippen LogP contribution is -2.30. The highest BCUT2D eigenvalue weighted by Gasteiger charge is 2.32. The number of likely N-dealkylation sites (N-methyl/N-ethyl adjacent to an activating group) is 1. The Hall–Kier alpha value is -2.57. The molecule has 0 aliphatic carbocycles. The molecule has 2 amide bonds. The fourth-order valence-electron chi connectivity index (χ4n) is 2.84. The second-order valence-corrected chi connectivity index (χ2v) is 7.09. The average Bonchev–Trinajstić information content (AvgIpc) is 2.89. The van der Waals surface area contributed by atoms with Crippen LogP contribution in [0.2, 0.25) is 10.2 Å². The normalized spacial score (nSPS) is 15.3. The van der Waals surface area contributed by atoms with E-state index < -0.39 is 17.6 Å². The fraction of sp³-hybridized carbons (Fsp3) is 0.211. The van der Waals surface area contributed by atoms with E-state index in [9.17, 15) is 14.7 Å². The van der Waals surface area contributed by atoms with Gasteiger partial charge >= 0.3 is 0 Å². The Bertz CT molecular complexity index is 959. The monoisotopic (exact) mass is 405 g/mol. The number of hydrogen-bond donors (Lipinski definition) is 2. The summed E-state index contributed by atoms with van der Waals surface area (Å²) in [7, 11) is 1.52. The van der Waals surface area contributed by atoms with Gasteiger partial charge in [0.1, 0.15) is 5.15 Å². The molecule has 1 aliphatic rings. The first-order valence-corrected chi connectivity index (χ1v) is 8.93. The quantitative estimate of drug-likeness (QED) is 0.762. The summed E-state index contributed by atoms with van der Waals surface area (Å²) in [5, 5.41) is 13.4. The number of aliphatic hydroxyl groups is 1. The van der Waals surface area contributed by atoms with Gasteiger partial charge in [0.2, 0.25) is 0 Å². The first-order valence-electron chi connectivity index (χ1n) is 8.17. The summed E-state index contributed by atoms with van der Waals surface area (Å²) in [5.41, 5.74) is 2.46. The number of pyridine rings is 1. The number of carbonyl (C=O) groups is 2. The topological polar surface area (TPSA) is 82.5 Å². The van der Waals surface area contributed by atoms with Crippen LogP contribution in [0.3, 0.4) is 0 Å². The van der Waals surface area contributed by atoms with E-state index in [4.69, 9.17) is 23.2 Å². The standard InChI is InChI=1S/C19H17Cl2N3O3/c1-10(23-18(26)14-9-24(2)19(27)17(14)25)11-4-3-5-12(6-11)13-8-22-16(21)7-15(13)20/h3-8,10,25H,9H2,1-2H3,(H,23,26)/t10-/m1/s1. The van der Waals surface area contributed by atoms with E-state index in [1.165, 1.54) is 11.9 Å². The Morgan fingerprint density at radius 1 is 1.33 bits per heavy atom. The van der Waals surface area contributed by atoms with Gasteiger partial charge in [0.25, 0.3) is 11.8 Å². The van der Waals surface area contributed by atoms with Gasteiger partial charge in [0.15, 0.2) is 5.76 Å². The van der Waals surface area contributed by atoms with Crippen LogP contribution in [0.5, 0.6) is 0 Å². The fourth-order valence-corrected chi connectivity index (χ4v) is 3.31. The molecule has 1 aliphatic heterocycles. The lowest BCUT2D eigenvalue weighted by molar-refractivity contribution is -0.126. The third kappa shape index (κ3) is 3.91. The molecule has 27 heavy (non-hydrogen) atoms. The number of nitrogens with one attached hydrogen (secondary N) is 1. The molecular weight excluding hydrogens is 389 g/mol. The smallest absolute Gasteiger partial charge is 0.289 e. The predicted molar refractivity (Wildman–Crippen MR) is 104 cm³/mol. The number of nitrogens with zero attached hydrogens (tertiary/aromatic N) is 2. The van der Waals surface area contributed by atoms with E-state index in [1.807, 2.05) is 31.2 Å². The highest BCUT2D eigenvalue weighted by atomic mass is 35.5. The van der Waals surface area contributed by atoms with Gasteiger partial charge in [-0.25, -0.2) is 4.98 Å². The van der Waals surface area contributed by atoms with Crippen molar-refractivity contribution in [2.45, 2.75) is 13.0 Å². The van der Waals surface area contributed by atoms with Crippen molar-refractivity contribution in [1.29, 1.82) is 0 Å². The Morgan fingerprint density at radius 3 is 2.70 bits per heavy atom. The molecule has 0 saturated heterocycles. The minimum absolute atomic E-state index is 0.0652. The zero-order valence-corrected chi connectivity index (χ0v) is 16.2. The SMILES string of the molecule is C[C@@H](NC(=O)C1=C(O)C(=O)N(C)C1)c1cccc(-c2cnc(Cl)cc2Cl)c1. The molecular formula is C19H17Cl2N3O3. The van der Waals surface area contributed by atoms with Crippen LogP contribution in [0.25, 0.3) is 11.1 Å². The van der Waals surface area contributed by atoms with Gasteiger partial charge in [0.05, 0.1) is 23.2 Å². The van der Waals surface area contributed by atoms with Crippen molar-refractivity contribution >= 4 is 35.0 Å². The predicted octanol–water partition coefficient (Wildman–Crippen LogP) is 3.52. The number of aromatic nitrogens is 1. The molecule has 1 aromatic heterocycles. The van der Waals surface area contributed by atoms with Crippen LogP contribution in [0.4, 0.5) is 0 Å². The van der Waals surface area contributed by atoms with Crippen molar-refractivity contribution in [3.05, 3.63) is 63.6 Å². The van der Waals surface area contributed by atoms with Crippen molar-refractivity contribution in [3.8, 4) is 11.1 Å². The zero-order valence-electron chi connectivity index (χ0n) is 14.7. The van der Waals surface area contributed by atoms with Gasteiger partial charge in [-0.1, -0.05) is 41.4 Å². The molecule has 2 aromatic rings. The molecule has 0 fully saturated rings. The summed E-state index contributed by atoms with van der Waals surface area (Å²) < 4.78 is 0. The van der Waals surface area contributed by atoms with Crippen molar-refractivity contribution in [2.24, 2.45) is 0 Å². The van der Waals surface area contributed by atoms with Gasteiger partial charge in [0, 0.05) is 18.8 Å². The molecule has 3 rings (SSSR count). The number of halogens is 2. The van der Waals surface area contributed by atoms with Crippen LogP contribution < -0.4 is 5.32 Å². The Balaban J connectivity index is 1.81. The van der Waals surface area contributed by atoms with Gasteiger partial charge < -0.3 is 15.3 Å². The van der Waals surface area contributed by atoms with E-state index in [0.29, 0.717) is 10.2 Å². The maximum absolute atomic E-state index is 12.4. The van der Waals surface area contributed by atoms with Gasteiger partial charge in [-0.15, -0.1) is 0 Å². The van der Waals surface area contributed by atoms with Crippen molar-refractivity contribution < 1.29 is 14.7 Å². The van der Waals surface area contributed by atoms with Crippen LogP contribution in [0.1, 0.15) is 18.5 Å². The maximum atomic E-state index is 12.4. The lowest BCUT2D eigenvalue weighted by Gasteiger charge is -2.16. The third-order valence-corrected chi connectivity index (χ3v) is 4.89. The largest absolute Gasteiger partial charge is 0.503 e. The highest BCUT2D eigenvalue weighted by Crippen LogP contribution is 2.30. The summed E-state index contributed by atoms with van der Waals surface area (Å²) in [6.07, 6.45) is 1.59. The van der Waals surface area contributed by atoms with Crippen molar-refractivity contribution in [2.75, 3.05) is 13.6 Å². The second kappa shape index (κ2) is 7.58. The average molecular weight is 406 g/mol. The van der Waals surface area contributed by atoms with Crippen LogP contribution in [0, 0.1) is 0 Å². The van der Waals surface area contributed by atoms with Crippen molar-refractivity contribution in [3.63, 3.8) is 0 Å². The summed E-state index contributed by atoms with van der Waals surface area (Å²) >= 11 is 12.1. The summed E-state index contributed by atoms with van der Waals surface area (Å²) in [5.74, 6) is -1.54. The number of carbonyl (C=O) groups excluding carboxylic acids is 2. The van der Waals surface area contributed by atoms with Crippen LogP contribution in [0.15, 0.2) is 47.9 Å². The molecule has 2 N–H and O–H groups in total. The number of benzene rings is 1. The summed E-state index contributed by atoms with van der Waals surface area (Å²) in [6, 6.07) is 8.71. The highest BCUT2D eigenvalue weighted by molar-refractivity contribution is 6.35. The lowest BCUT2D eigenvalue weighted by atomic mass is 10.0. The maximum Gasteiger partial charge on any atom is 0.289 e. The van der Waals surface area contributed by atoms with Crippen LogP contribution in [-0.4, -0.2) is 40.4 Å². The number of hydrogen-bond acceptors (Lipinski definition) is 4. The van der Waals surface area contributed by atoms with Gasteiger partial charge in [-0.3, -0.25) is 9.59 Å². The molecule has 0 unspecified atom stereocenters. The van der Waals surface area contributed by atoms with Crippen LogP contribution in [-0.2, 0) is 9.59 Å². The van der Waals surface area contributed by atoms with Gasteiger partial charge in [-0.05, 0) is 30.2 Å². The molecule has 2 heterocycles. The van der Waals surface area contributed by atoms with E-state index in [2.05, 4.69) is 10.3 Å². The Labute approximate surface area is 166 Å². The number of aliphatic hydroxyl groups excluding tert-OH is 1. The zero-order chi connectivity index (χ0) is 19.7. The number of amides is 2. The van der Waals surface area contributed by atoms with Crippen molar-refractivity contribution in [1.82, 2.24) is 15.2 Å². The third-order valence-electron chi connectivity index (χ3n) is 4.37. The number of rotatable bonds is 4. The Kier molecular flexibility index (Phi) is 5.39. The van der Waals surface area contributed by atoms with Crippen LogP contribution >= 0.6 is 23.2 Å². The molecule has 8 heteroatoms. The minimum atomic E-state index is -0.556. The molecule has 140 valence electrons. The molecule has 0 bridgehead atoms. The molecule has 1 atom stereocenters. The molecule has 0 spiro atoms. The first kappa shape index (κ1) is 19.2. The molecule has 0 radical (unpaired) electrons. The molecule has 6 nitrogen and oxygen atoms in total. The second-order valence-electron chi connectivity index (χ2n) is 6.30. The van der Waals surface area contributed by atoms with E-state index >= 15 is 0 Å². The summed E-state index contributed by atoms with van der Waals surface area (Å²) in [6.45, 7) is 1.89. The summed E-state index contributed by atoms with van der Waals surface area (Å²) in [4.78, 5) is 29.4. The Morgan fingerprint density at radius 2 is 2.07 bits per heavy atom. The minimum Gasteiger partial charge on any atom is -0.503 e. The van der Waals surface area contributed by atoms with E-state index in [-0.39, 0.29) is 18.2 Å².